The number of carbonyl (C=O) groups excluding carboxylic acids is 2. The predicted octanol–water partition coefficient (Wildman–Crippen LogP) is 3.01. The molecule has 2 aromatic rings. The van der Waals surface area contributed by atoms with Crippen LogP contribution in [0.15, 0.2) is 24.5 Å². The van der Waals surface area contributed by atoms with E-state index in [1.54, 1.807) is 47.8 Å². The van der Waals surface area contributed by atoms with Gasteiger partial charge >= 0.3 is 0 Å². The van der Waals surface area contributed by atoms with Crippen LogP contribution in [0.3, 0.4) is 0 Å². The molecule has 1 amide bonds. The molecule has 9 heteroatoms. The molecule has 2 aromatic heterocycles. The zero-order valence-corrected chi connectivity index (χ0v) is 18.3. The number of nitrogens with zero attached hydrogens (tertiary/aromatic N) is 2. The summed E-state index contributed by atoms with van der Waals surface area (Å²) in [5.74, 6) is -0.266. The van der Waals surface area contributed by atoms with Gasteiger partial charge in [0, 0.05) is 37.8 Å². The molecule has 7 nitrogen and oxygen atoms in total. The van der Waals surface area contributed by atoms with Gasteiger partial charge < -0.3 is 25.5 Å². The predicted molar refractivity (Wildman–Crippen MR) is 118 cm³/mol. The summed E-state index contributed by atoms with van der Waals surface area (Å²) < 4.78 is 3.66. The standard InChI is InChI=1S/C12H14N4O2.C6H15NS2/c1-15-6-9(4-10(15)7-17)14-12(18)11-3-8(13)5-16(11)2;1-6(2,5-7-3)9-8-4/h3-7H,13H2,1-2H3,(H,14,18);7H,5H2,1-4H3. The second-order valence-corrected chi connectivity index (χ2v) is 9.75. The molecule has 4 N–H and O–H groups in total. The first kappa shape index (κ1) is 23.2. The summed E-state index contributed by atoms with van der Waals surface area (Å²) in [6.07, 6.45) is 6.18. The van der Waals surface area contributed by atoms with Crippen molar-refractivity contribution in [1.82, 2.24) is 14.5 Å². The van der Waals surface area contributed by atoms with Crippen molar-refractivity contribution in [3.63, 3.8) is 0 Å². The molecule has 0 saturated heterocycles. The van der Waals surface area contributed by atoms with Gasteiger partial charge in [0.05, 0.1) is 17.1 Å². The van der Waals surface area contributed by atoms with Crippen LogP contribution in [0.2, 0.25) is 0 Å². The highest BCUT2D eigenvalue weighted by Gasteiger charge is 2.16. The Kier molecular flexibility index (Phi) is 9.01. The van der Waals surface area contributed by atoms with Crippen molar-refractivity contribution in [2.75, 3.05) is 30.9 Å². The van der Waals surface area contributed by atoms with Crippen LogP contribution in [0.25, 0.3) is 0 Å². The van der Waals surface area contributed by atoms with Crippen molar-refractivity contribution in [2.24, 2.45) is 14.1 Å². The van der Waals surface area contributed by atoms with Crippen LogP contribution in [-0.2, 0) is 14.1 Å². The summed E-state index contributed by atoms with van der Waals surface area (Å²) in [6.45, 7) is 5.55. The number of aldehydes is 1. The van der Waals surface area contributed by atoms with Gasteiger partial charge in [0.1, 0.15) is 5.69 Å². The van der Waals surface area contributed by atoms with Gasteiger partial charge in [0.15, 0.2) is 6.29 Å². The van der Waals surface area contributed by atoms with Crippen molar-refractivity contribution < 1.29 is 9.59 Å². The van der Waals surface area contributed by atoms with E-state index in [1.807, 2.05) is 28.6 Å². The second-order valence-electron chi connectivity index (χ2n) is 6.65. The van der Waals surface area contributed by atoms with Crippen molar-refractivity contribution in [3.8, 4) is 0 Å². The number of nitrogens with two attached hydrogens (primary N) is 1. The van der Waals surface area contributed by atoms with Gasteiger partial charge in [0.2, 0.25) is 0 Å². The average Bonchev–Trinajstić information content (AvgIpc) is 3.09. The first-order valence-electron chi connectivity index (χ1n) is 8.34. The van der Waals surface area contributed by atoms with E-state index in [0.29, 0.717) is 27.5 Å². The number of nitrogen functional groups attached to an aromatic ring is 1. The van der Waals surface area contributed by atoms with Crippen LogP contribution in [-0.4, -0.2) is 45.9 Å². The molecule has 0 aliphatic heterocycles. The fourth-order valence-corrected chi connectivity index (χ4v) is 4.64. The van der Waals surface area contributed by atoms with Crippen LogP contribution >= 0.6 is 21.6 Å². The Morgan fingerprint density at radius 2 is 1.93 bits per heavy atom. The number of hydrogen-bond donors (Lipinski definition) is 3. The smallest absolute Gasteiger partial charge is 0.272 e. The Hall–Kier alpha value is -1.84. The third-order valence-corrected chi connectivity index (χ3v) is 6.21. The Bertz CT molecular complexity index is 760. The SMILES string of the molecule is CNCC(C)(C)SSC.Cn1cc(NC(=O)c2cc(N)cn2C)cc1C=O. The van der Waals surface area contributed by atoms with E-state index < -0.39 is 0 Å². The fraction of sp³-hybridized carbons (Fsp3) is 0.444. The topological polar surface area (TPSA) is 94.1 Å². The highest BCUT2D eigenvalue weighted by molar-refractivity contribution is 8.76. The molecule has 0 atom stereocenters. The molecular formula is C18H29N5O2S2. The number of carbonyl (C=O) groups is 2. The molecule has 27 heavy (non-hydrogen) atoms. The maximum absolute atomic E-state index is 12.0. The third-order valence-electron chi connectivity index (χ3n) is 3.59. The molecule has 2 heterocycles. The Labute approximate surface area is 168 Å². The monoisotopic (exact) mass is 411 g/mol. The van der Waals surface area contributed by atoms with Gasteiger partial charge in [-0.3, -0.25) is 9.59 Å². The minimum atomic E-state index is -0.266. The zero-order valence-electron chi connectivity index (χ0n) is 16.7. The number of amides is 1. The van der Waals surface area contributed by atoms with Crippen LogP contribution in [0.5, 0.6) is 0 Å². The minimum Gasteiger partial charge on any atom is -0.397 e. The van der Waals surface area contributed by atoms with Gasteiger partial charge in [-0.2, -0.15) is 0 Å². The number of aryl methyl sites for hydroxylation is 2. The largest absolute Gasteiger partial charge is 0.397 e. The Morgan fingerprint density at radius 1 is 1.26 bits per heavy atom. The molecule has 150 valence electrons. The molecule has 0 bridgehead atoms. The van der Waals surface area contributed by atoms with Gasteiger partial charge in [0.25, 0.3) is 5.91 Å². The quantitative estimate of drug-likeness (QED) is 0.479. The zero-order chi connectivity index (χ0) is 20.6. The fourth-order valence-electron chi connectivity index (χ4n) is 2.46. The molecule has 2 rings (SSSR count). The number of rotatable bonds is 7. The second kappa shape index (κ2) is 10.5. The van der Waals surface area contributed by atoms with Crippen molar-refractivity contribution in [3.05, 3.63) is 35.9 Å². The van der Waals surface area contributed by atoms with Crippen LogP contribution in [0, 0.1) is 0 Å². The summed E-state index contributed by atoms with van der Waals surface area (Å²) in [5, 5.41) is 5.87. The molecule has 0 saturated carbocycles. The Balaban J connectivity index is 0.000000345. The molecule has 0 spiro atoms. The summed E-state index contributed by atoms with van der Waals surface area (Å²) in [5.41, 5.74) is 7.67. The van der Waals surface area contributed by atoms with E-state index >= 15 is 0 Å². The van der Waals surface area contributed by atoms with Crippen LogP contribution in [0.4, 0.5) is 11.4 Å². The Morgan fingerprint density at radius 3 is 2.37 bits per heavy atom. The van der Waals surface area contributed by atoms with Crippen molar-refractivity contribution in [1.29, 1.82) is 0 Å². The summed E-state index contributed by atoms with van der Waals surface area (Å²) in [4.78, 5) is 22.7. The van der Waals surface area contributed by atoms with Crippen LogP contribution < -0.4 is 16.4 Å². The molecule has 0 radical (unpaired) electrons. The number of aromatic nitrogens is 2. The minimum absolute atomic E-state index is 0.266. The summed E-state index contributed by atoms with van der Waals surface area (Å²) in [6, 6.07) is 3.20. The highest BCUT2D eigenvalue weighted by atomic mass is 33.1. The molecular weight excluding hydrogens is 382 g/mol. The maximum atomic E-state index is 12.0. The van der Waals surface area contributed by atoms with Gasteiger partial charge in [-0.05, 0) is 39.3 Å². The normalized spacial score (nSPS) is 10.9. The average molecular weight is 412 g/mol. The van der Waals surface area contributed by atoms with Crippen molar-refractivity contribution in [2.45, 2.75) is 18.6 Å². The van der Waals surface area contributed by atoms with Gasteiger partial charge in [-0.25, -0.2) is 0 Å². The lowest BCUT2D eigenvalue weighted by Crippen LogP contribution is -2.28. The lowest BCUT2D eigenvalue weighted by atomic mass is 10.2. The first-order chi connectivity index (χ1) is 12.6. The van der Waals surface area contributed by atoms with E-state index in [1.165, 1.54) is 0 Å². The van der Waals surface area contributed by atoms with Gasteiger partial charge in [-0.15, -0.1) is 0 Å². The molecule has 0 aliphatic rings. The molecule has 0 unspecified atom stereocenters. The summed E-state index contributed by atoms with van der Waals surface area (Å²) >= 11 is 0. The van der Waals surface area contributed by atoms with E-state index in [9.17, 15) is 9.59 Å². The summed E-state index contributed by atoms with van der Waals surface area (Å²) in [7, 11) is 9.21. The van der Waals surface area contributed by atoms with E-state index in [0.717, 1.165) is 12.8 Å². The number of hydrogen-bond acceptors (Lipinski definition) is 6. The first-order valence-corrected chi connectivity index (χ1v) is 10.9. The maximum Gasteiger partial charge on any atom is 0.272 e. The van der Waals surface area contributed by atoms with E-state index in [2.05, 4.69) is 30.7 Å². The highest BCUT2D eigenvalue weighted by Crippen LogP contribution is 2.32. The number of anilines is 2. The molecule has 0 aromatic carbocycles. The third kappa shape index (κ3) is 7.36. The van der Waals surface area contributed by atoms with Crippen LogP contribution in [0.1, 0.15) is 34.8 Å². The van der Waals surface area contributed by atoms with Gasteiger partial charge in [-0.1, -0.05) is 21.6 Å². The molecule has 0 fully saturated rings. The van der Waals surface area contributed by atoms with E-state index in [-0.39, 0.29) is 5.91 Å². The lowest BCUT2D eigenvalue weighted by molar-refractivity contribution is 0.101. The lowest BCUT2D eigenvalue weighted by Gasteiger charge is -2.21. The number of nitrogens with one attached hydrogen (secondary N) is 2. The molecule has 0 aliphatic carbocycles. The van der Waals surface area contributed by atoms with E-state index in [4.69, 9.17) is 5.73 Å². The van der Waals surface area contributed by atoms with Crippen molar-refractivity contribution >= 4 is 45.2 Å².